The van der Waals surface area contributed by atoms with Crippen LogP contribution in [0.5, 0.6) is 0 Å². The summed E-state index contributed by atoms with van der Waals surface area (Å²) in [4.78, 5) is 0. The molecule has 1 fully saturated rings. The van der Waals surface area contributed by atoms with Crippen LogP contribution in [0.25, 0.3) is 0 Å². The van der Waals surface area contributed by atoms with E-state index in [0.717, 1.165) is 0 Å². The van der Waals surface area contributed by atoms with Crippen LogP contribution in [0, 0.1) is 0 Å². The lowest BCUT2D eigenvalue weighted by molar-refractivity contribution is -0.192. The van der Waals surface area contributed by atoms with Crippen molar-refractivity contribution in [2.75, 3.05) is 0 Å². The second-order valence-corrected chi connectivity index (χ2v) is 2.44. The van der Waals surface area contributed by atoms with Crippen molar-refractivity contribution in [1.29, 1.82) is 0 Å². The molecule has 0 spiro atoms. The SMILES string of the molecule is C[C@H]1O[C@H](O)CC[C@H]1O. The zero-order chi connectivity index (χ0) is 6.85. The highest BCUT2D eigenvalue weighted by molar-refractivity contribution is 4.69. The minimum atomic E-state index is -0.664. The van der Waals surface area contributed by atoms with E-state index in [1.807, 2.05) is 0 Å². The van der Waals surface area contributed by atoms with Gasteiger partial charge in [-0.15, -0.1) is 0 Å². The molecular weight excluding hydrogens is 120 g/mol. The van der Waals surface area contributed by atoms with Gasteiger partial charge in [-0.1, -0.05) is 0 Å². The first-order valence-electron chi connectivity index (χ1n) is 3.21. The molecule has 0 aliphatic carbocycles. The van der Waals surface area contributed by atoms with E-state index < -0.39 is 12.4 Å². The molecule has 0 aromatic rings. The van der Waals surface area contributed by atoms with E-state index in [1.54, 1.807) is 6.92 Å². The summed E-state index contributed by atoms with van der Waals surface area (Å²) in [6, 6.07) is 0. The van der Waals surface area contributed by atoms with Crippen LogP contribution < -0.4 is 0 Å². The molecule has 9 heavy (non-hydrogen) atoms. The predicted octanol–water partition coefficient (Wildman–Crippen LogP) is -0.135. The largest absolute Gasteiger partial charge is 0.390 e. The molecule has 0 aromatic carbocycles. The standard InChI is InChI=1S/C6H12O3/c1-4-5(7)2-3-6(8)9-4/h4-8H,2-3H2,1H3/t4-,5-,6+/m1/s1. The van der Waals surface area contributed by atoms with Crippen LogP contribution in [0.4, 0.5) is 0 Å². The average Bonchev–Trinajstić information content (AvgIpc) is 1.80. The Balaban J connectivity index is 2.35. The molecule has 1 saturated heterocycles. The minimum absolute atomic E-state index is 0.214. The fraction of sp³-hybridized carbons (Fsp3) is 1.00. The van der Waals surface area contributed by atoms with Gasteiger partial charge in [0.2, 0.25) is 0 Å². The van der Waals surface area contributed by atoms with Crippen LogP contribution in [0.2, 0.25) is 0 Å². The second-order valence-electron chi connectivity index (χ2n) is 2.44. The third-order valence-corrected chi connectivity index (χ3v) is 1.62. The molecule has 1 rings (SSSR count). The van der Waals surface area contributed by atoms with Gasteiger partial charge in [-0.05, 0) is 13.3 Å². The van der Waals surface area contributed by atoms with Crippen molar-refractivity contribution in [3.63, 3.8) is 0 Å². The predicted molar refractivity (Wildman–Crippen MR) is 31.8 cm³/mol. The van der Waals surface area contributed by atoms with Crippen LogP contribution in [0.3, 0.4) is 0 Å². The lowest BCUT2D eigenvalue weighted by atomic mass is 10.1. The van der Waals surface area contributed by atoms with Crippen LogP contribution in [0.1, 0.15) is 19.8 Å². The van der Waals surface area contributed by atoms with Gasteiger partial charge in [-0.3, -0.25) is 0 Å². The Morgan fingerprint density at radius 1 is 1.33 bits per heavy atom. The summed E-state index contributed by atoms with van der Waals surface area (Å²) < 4.78 is 4.90. The fourth-order valence-electron chi connectivity index (χ4n) is 0.955. The maximum absolute atomic E-state index is 9.06. The molecule has 0 aromatic heterocycles. The van der Waals surface area contributed by atoms with E-state index in [2.05, 4.69) is 0 Å². The lowest BCUT2D eigenvalue weighted by Gasteiger charge is -2.28. The number of aliphatic hydroxyl groups is 2. The molecule has 3 nitrogen and oxygen atoms in total. The van der Waals surface area contributed by atoms with E-state index >= 15 is 0 Å². The molecule has 3 heteroatoms. The van der Waals surface area contributed by atoms with E-state index in [9.17, 15) is 0 Å². The Morgan fingerprint density at radius 3 is 2.44 bits per heavy atom. The molecule has 0 saturated carbocycles. The number of aliphatic hydroxyl groups excluding tert-OH is 2. The highest BCUT2D eigenvalue weighted by Gasteiger charge is 2.24. The monoisotopic (exact) mass is 132 g/mol. The van der Waals surface area contributed by atoms with Gasteiger partial charge in [-0.2, -0.15) is 0 Å². The molecule has 2 N–H and O–H groups in total. The van der Waals surface area contributed by atoms with Gasteiger partial charge < -0.3 is 14.9 Å². The van der Waals surface area contributed by atoms with Crippen molar-refractivity contribution in [3.05, 3.63) is 0 Å². The van der Waals surface area contributed by atoms with Crippen LogP contribution in [0.15, 0.2) is 0 Å². The van der Waals surface area contributed by atoms with Gasteiger partial charge in [0.1, 0.15) is 0 Å². The van der Waals surface area contributed by atoms with Crippen molar-refractivity contribution in [1.82, 2.24) is 0 Å². The van der Waals surface area contributed by atoms with Gasteiger partial charge in [0, 0.05) is 6.42 Å². The third-order valence-electron chi connectivity index (χ3n) is 1.62. The zero-order valence-electron chi connectivity index (χ0n) is 5.45. The molecule has 0 radical (unpaired) electrons. The normalized spacial score (nSPS) is 45.0. The smallest absolute Gasteiger partial charge is 0.155 e. The zero-order valence-corrected chi connectivity index (χ0v) is 5.45. The molecule has 1 aliphatic heterocycles. The third kappa shape index (κ3) is 1.64. The van der Waals surface area contributed by atoms with Crippen molar-refractivity contribution in [2.24, 2.45) is 0 Å². The Morgan fingerprint density at radius 2 is 2.00 bits per heavy atom. The van der Waals surface area contributed by atoms with Crippen molar-refractivity contribution in [2.45, 2.75) is 38.3 Å². The van der Waals surface area contributed by atoms with Crippen molar-refractivity contribution in [3.8, 4) is 0 Å². The van der Waals surface area contributed by atoms with E-state index in [1.165, 1.54) is 0 Å². The number of ether oxygens (including phenoxy) is 1. The van der Waals surface area contributed by atoms with E-state index in [4.69, 9.17) is 14.9 Å². The summed E-state index contributed by atoms with van der Waals surface area (Å²) in [7, 11) is 0. The van der Waals surface area contributed by atoms with Crippen molar-refractivity contribution < 1.29 is 14.9 Å². The highest BCUT2D eigenvalue weighted by Crippen LogP contribution is 2.16. The van der Waals surface area contributed by atoms with Gasteiger partial charge in [-0.25, -0.2) is 0 Å². The van der Waals surface area contributed by atoms with Crippen molar-refractivity contribution >= 4 is 0 Å². The molecule has 0 unspecified atom stereocenters. The molecule has 54 valence electrons. The summed E-state index contributed by atoms with van der Waals surface area (Å²) in [5.41, 5.74) is 0. The molecule has 0 amide bonds. The molecule has 1 aliphatic rings. The Kier molecular flexibility index (Phi) is 2.05. The summed E-state index contributed by atoms with van der Waals surface area (Å²) in [5, 5.41) is 17.9. The molecule has 1 heterocycles. The summed E-state index contributed by atoms with van der Waals surface area (Å²) in [6.07, 6.45) is -0.0843. The summed E-state index contributed by atoms with van der Waals surface area (Å²) in [6.45, 7) is 1.76. The lowest BCUT2D eigenvalue weighted by Crippen LogP contribution is -2.36. The van der Waals surface area contributed by atoms with Crippen LogP contribution >= 0.6 is 0 Å². The number of hydrogen-bond donors (Lipinski definition) is 2. The average molecular weight is 132 g/mol. The molecule has 0 bridgehead atoms. The van der Waals surface area contributed by atoms with E-state index in [-0.39, 0.29) is 6.10 Å². The Hall–Kier alpha value is -0.120. The number of rotatable bonds is 0. The molecular formula is C6H12O3. The van der Waals surface area contributed by atoms with E-state index in [0.29, 0.717) is 12.8 Å². The van der Waals surface area contributed by atoms with Gasteiger partial charge in [0.25, 0.3) is 0 Å². The first-order chi connectivity index (χ1) is 4.20. The molecule has 3 atom stereocenters. The second kappa shape index (κ2) is 2.64. The Labute approximate surface area is 54.3 Å². The van der Waals surface area contributed by atoms with Crippen LogP contribution in [-0.4, -0.2) is 28.7 Å². The maximum atomic E-state index is 9.06. The maximum Gasteiger partial charge on any atom is 0.155 e. The van der Waals surface area contributed by atoms with Gasteiger partial charge >= 0.3 is 0 Å². The minimum Gasteiger partial charge on any atom is -0.390 e. The quantitative estimate of drug-likeness (QED) is 0.482. The van der Waals surface area contributed by atoms with Gasteiger partial charge in [0.15, 0.2) is 6.29 Å². The Bertz CT molecular complexity index is 94.3. The number of hydrogen-bond acceptors (Lipinski definition) is 3. The topological polar surface area (TPSA) is 49.7 Å². The fourth-order valence-corrected chi connectivity index (χ4v) is 0.955. The highest BCUT2D eigenvalue weighted by atomic mass is 16.6. The van der Waals surface area contributed by atoms with Crippen LogP contribution in [-0.2, 0) is 4.74 Å². The summed E-state index contributed by atoms with van der Waals surface area (Å²) in [5.74, 6) is 0. The van der Waals surface area contributed by atoms with Gasteiger partial charge in [0.05, 0.1) is 12.2 Å². The first-order valence-corrected chi connectivity index (χ1v) is 3.21. The first kappa shape index (κ1) is 6.99. The summed E-state index contributed by atoms with van der Waals surface area (Å²) >= 11 is 0.